The van der Waals surface area contributed by atoms with Crippen molar-refractivity contribution in [2.75, 3.05) is 6.54 Å². The number of rotatable bonds is 6. The predicted molar refractivity (Wildman–Crippen MR) is 85.4 cm³/mol. The Balaban J connectivity index is 1.88. The molecule has 27 heavy (non-hydrogen) atoms. The van der Waals surface area contributed by atoms with Crippen molar-refractivity contribution in [1.29, 1.82) is 0 Å². The van der Waals surface area contributed by atoms with Gasteiger partial charge in [-0.2, -0.15) is 5.10 Å². The quantitative estimate of drug-likeness (QED) is 0.264. The molecule has 2 N–H and O–H groups in total. The maximum Gasteiger partial charge on any atom is 0.251 e. The Morgan fingerprint density at radius 3 is 2.04 bits per heavy atom. The number of hydrogen-bond acceptors (Lipinski definition) is 3. The van der Waals surface area contributed by atoms with E-state index >= 15 is 0 Å². The lowest BCUT2D eigenvalue weighted by atomic mass is 10.2. The Morgan fingerprint density at radius 1 is 0.889 bits per heavy atom. The van der Waals surface area contributed by atoms with Crippen molar-refractivity contribution in [1.82, 2.24) is 10.7 Å². The molecule has 0 unspecified atom stereocenters. The zero-order chi connectivity index (χ0) is 20.0. The van der Waals surface area contributed by atoms with Crippen LogP contribution in [-0.4, -0.2) is 24.6 Å². The first-order valence-corrected chi connectivity index (χ1v) is 7.49. The van der Waals surface area contributed by atoms with E-state index in [0.717, 1.165) is 0 Å². The summed E-state index contributed by atoms with van der Waals surface area (Å²) in [5, 5.41) is 5.62. The van der Waals surface area contributed by atoms with Gasteiger partial charge in [0.2, 0.25) is 11.7 Å². The lowest BCUT2D eigenvalue weighted by molar-refractivity contribution is -0.120. The van der Waals surface area contributed by atoms with Crippen molar-refractivity contribution in [2.24, 2.45) is 5.10 Å². The third-order valence-electron chi connectivity index (χ3n) is 3.30. The lowest BCUT2D eigenvalue weighted by Gasteiger charge is -2.05. The first kappa shape index (κ1) is 20.0. The van der Waals surface area contributed by atoms with Crippen molar-refractivity contribution >= 4 is 18.0 Å². The van der Waals surface area contributed by atoms with Crippen LogP contribution in [0.3, 0.4) is 0 Å². The van der Waals surface area contributed by atoms with Gasteiger partial charge in [0, 0.05) is 18.5 Å². The van der Waals surface area contributed by atoms with Crippen LogP contribution in [0.2, 0.25) is 0 Å². The van der Waals surface area contributed by atoms with Crippen molar-refractivity contribution in [2.45, 2.75) is 6.42 Å². The van der Waals surface area contributed by atoms with E-state index in [1.165, 1.54) is 0 Å². The third kappa shape index (κ3) is 4.87. The Labute approximate surface area is 149 Å². The van der Waals surface area contributed by atoms with Crippen LogP contribution in [0, 0.1) is 29.1 Å². The summed E-state index contributed by atoms with van der Waals surface area (Å²) >= 11 is 0. The molecular formula is C17H12F5N3O2. The lowest BCUT2D eigenvalue weighted by Crippen LogP contribution is -2.29. The molecule has 2 amide bonds. The summed E-state index contributed by atoms with van der Waals surface area (Å²) in [4.78, 5) is 23.3. The number of hydrazone groups is 1. The summed E-state index contributed by atoms with van der Waals surface area (Å²) in [6.45, 7) is -0.0579. The van der Waals surface area contributed by atoms with Gasteiger partial charge in [0.25, 0.3) is 5.91 Å². The molecule has 0 bridgehead atoms. The number of halogens is 5. The Morgan fingerprint density at radius 2 is 1.44 bits per heavy atom. The highest BCUT2D eigenvalue weighted by Gasteiger charge is 2.24. The van der Waals surface area contributed by atoms with Gasteiger partial charge in [-0.3, -0.25) is 9.59 Å². The zero-order valence-corrected chi connectivity index (χ0v) is 13.5. The SMILES string of the molecule is O=C(CCNC(=O)c1ccccc1)N/N=C/c1c(F)c(F)c(F)c(F)c1F. The summed E-state index contributed by atoms with van der Waals surface area (Å²) in [6, 6.07) is 8.20. The van der Waals surface area contributed by atoms with Gasteiger partial charge >= 0.3 is 0 Å². The van der Waals surface area contributed by atoms with Gasteiger partial charge in [-0.1, -0.05) is 18.2 Å². The van der Waals surface area contributed by atoms with Crippen molar-refractivity contribution in [3.05, 3.63) is 70.5 Å². The van der Waals surface area contributed by atoms with E-state index in [-0.39, 0.29) is 13.0 Å². The van der Waals surface area contributed by atoms with Crippen LogP contribution in [0.1, 0.15) is 22.3 Å². The first-order chi connectivity index (χ1) is 12.8. The minimum Gasteiger partial charge on any atom is -0.352 e. The second kappa shape index (κ2) is 8.88. The highest BCUT2D eigenvalue weighted by molar-refractivity contribution is 5.94. The fraction of sp³-hybridized carbons (Fsp3) is 0.118. The minimum absolute atomic E-state index is 0.0579. The van der Waals surface area contributed by atoms with Gasteiger partial charge in [-0.25, -0.2) is 27.4 Å². The maximum atomic E-state index is 13.4. The Bertz CT molecular complexity index is 859. The molecule has 142 valence electrons. The molecule has 0 heterocycles. The van der Waals surface area contributed by atoms with Crippen LogP contribution in [0.15, 0.2) is 35.4 Å². The van der Waals surface area contributed by atoms with E-state index in [1.807, 2.05) is 5.43 Å². The number of hydrogen-bond donors (Lipinski definition) is 2. The number of amides is 2. The normalized spacial score (nSPS) is 10.9. The van der Waals surface area contributed by atoms with Gasteiger partial charge < -0.3 is 5.32 Å². The summed E-state index contributed by atoms with van der Waals surface area (Å²) in [7, 11) is 0. The number of carbonyl (C=O) groups excluding carboxylic acids is 2. The summed E-state index contributed by atoms with van der Waals surface area (Å²) < 4.78 is 65.8. The largest absolute Gasteiger partial charge is 0.352 e. The molecule has 0 fully saturated rings. The predicted octanol–water partition coefficient (Wildman–Crippen LogP) is 2.65. The topological polar surface area (TPSA) is 70.6 Å². The molecule has 0 radical (unpaired) electrons. The monoisotopic (exact) mass is 385 g/mol. The molecule has 0 saturated carbocycles. The third-order valence-corrected chi connectivity index (χ3v) is 3.30. The Hall–Kier alpha value is -3.30. The number of nitrogens with one attached hydrogen (secondary N) is 2. The van der Waals surface area contributed by atoms with E-state index in [1.54, 1.807) is 30.3 Å². The molecule has 2 aromatic rings. The van der Waals surface area contributed by atoms with Crippen molar-refractivity contribution in [3.8, 4) is 0 Å². The molecule has 0 aliphatic carbocycles. The molecular weight excluding hydrogens is 373 g/mol. The van der Waals surface area contributed by atoms with E-state index in [2.05, 4.69) is 10.4 Å². The maximum absolute atomic E-state index is 13.4. The van der Waals surface area contributed by atoms with Gasteiger partial charge in [0.15, 0.2) is 23.3 Å². The Kier molecular flexibility index (Phi) is 6.58. The van der Waals surface area contributed by atoms with E-state index in [4.69, 9.17) is 0 Å². The molecule has 0 aliphatic heterocycles. The fourth-order valence-electron chi connectivity index (χ4n) is 1.94. The molecule has 5 nitrogen and oxygen atoms in total. The van der Waals surface area contributed by atoms with Crippen LogP contribution in [0.25, 0.3) is 0 Å². The van der Waals surface area contributed by atoms with Crippen molar-refractivity contribution in [3.63, 3.8) is 0 Å². The van der Waals surface area contributed by atoms with Crippen LogP contribution < -0.4 is 10.7 Å². The molecule has 10 heteroatoms. The number of carbonyl (C=O) groups is 2. The van der Waals surface area contributed by atoms with Crippen LogP contribution in [-0.2, 0) is 4.79 Å². The highest BCUT2D eigenvalue weighted by Crippen LogP contribution is 2.21. The molecule has 0 spiro atoms. The first-order valence-electron chi connectivity index (χ1n) is 7.49. The number of benzene rings is 2. The average Bonchev–Trinajstić information content (AvgIpc) is 2.68. The molecule has 2 rings (SSSR count). The van der Waals surface area contributed by atoms with Crippen LogP contribution in [0.5, 0.6) is 0 Å². The van der Waals surface area contributed by atoms with Gasteiger partial charge in [-0.15, -0.1) is 0 Å². The van der Waals surface area contributed by atoms with E-state index in [9.17, 15) is 31.5 Å². The molecule has 0 aliphatic rings. The smallest absolute Gasteiger partial charge is 0.251 e. The summed E-state index contributed by atoms with van der Waals surface area (Å²) in [5.74, 6) is -11.8. The van der Waals surface area contributed by atoms with E-state index in [0.29, 0.717) is 11.8 Å². The second-order valence-corrected chi connectivity index (χ2v) is 5.15. The molecule has 0 atom stereocenters. The minimum atomic E-state index is -2.29. The summed E-state index contributed by atoms with van der Waals surface area (Å²) in [6.07, 6.45) is 0.0731. The zero-order valence-electron chi connectivity index (χ0n) is 13.5. The number of nitrogens with zero attached hydrogens (tertiary/aromatic N) is 1. The highest BCUT2D eigenvalue weighted by atomic mass is 19.2. The second-order valence-electron chi connectivity index (χ2n) is 5.15. The fourth-order valence-corrected chi connectivity index (χ4v) is 1.94. The molecule has 0 saturated heterocycles. The standard InChI is InChI=1S/C17H12F5N3O2/c18-12-10(13(19)15(21)16(22)14(12)20)8-24-25-11(26)6-7-23-17(27)9-4-2-1-3-5-9/h1-5,8H,6-7H2,(H,23,27)(H,25,26)/b24-8+. The molecule has 2 aromatic carbocycles. The van der Waals surface area contributed by atoms with Crippen LogP contribution in [0.4, 0.5) is 22.0 Å². The van der Waals surface area contributed by atoms with E-state index < -0.39 is 46.5 Å². The average molecular weight is 385 g/mol. The summed E-state index contributed by atoms with van der Waals surface area (Å²) in [5.41, 5.74) is 0.963. The van der Waals surface area contributed by atoms with Gasteiger partial charge in [0.05, 0.1) is 11.8 Å². The molecule has 0 aromatic heterocycles. The van der Waals surface area contributed by atoms with Gasteiger partial charge in [0.1, 0.15) is 0 Å². The van der Waals surface area contributed by atoms with Gasteiger partial charge in [-0.05, 0) is 12.1 Å². The van der Waals surface area contributed by atoms with Crippen molar-refractivity contribution < 1.29 is 31.5 Å². The van der Waals surface area contributed by atoms with Crippen LogP contribution >= 0.6 is 0 Å².